The Morgan fingerprint density at radius 3 is 1.93 bits per heavy atom. The minimum Gasteiger partial charge on any atom is -0.474 e. The maximum atomic E-state index is 13.2. The lowest BCUT2D eigenvalue weighted by Gasteiger charge is -2.31. The van der Waals surface area contributed by atoms with E-state index in [0.717, 1.165) is 4.90 Å². The van der Waals surface area contributed by atoms with E-state index in [0.29, 0.717) is 5.69 Å². The third-order valence-electron chi connectivity index (χ3n) is 4.30. The van der Waals surface area contributed by atoms with E-state index < -0.39 is 35.0 Å². The zero-order valence-corrected chi connectivity index (χ0v) is 18.2. The molecule has 2 N–H and O–H groups in total. The summed E-state index contributed by atoms with van der Waals surface area (Å²) in [6, 6.07) is 5.84. The highest BCUT2D eigenvalue weighted by Crippen LogP contribution is 2.35. The SMILES string of the molecule is CC(C)(C)OC(=O)NC1CN(C(=O)C(=O)O)c2ccccc2N(C(=O)C(C)(C)C)C1. The van der Waals surface area contributed by atoms with Crippen LogP contribution in [0.5, 0.6) is 0 Å². The number of carboxylic acid groups (broad SMARTS) is 1. The summed E-state index contributed by atoms with van der Waals surface area (Å²) in [7, 11) is 0. The van der Waals surface area contributed by atoms with Crippen molar-refractivity contribution in [3.8, 4) is 0 Å². The number of nitrogens with one attached hydrogen (secondary N) is 1. The van der Waals surface area contributed by atoms with Crippen molar-refractivity contribution < 1.29 is 29.0 Å². The smallest absolute Gasteiger partial charge is 0.407 e. The predicted molar refractivity (Wildman–Crippen MR) is 111 cm³/mol. The number of carbonyl (C=O) groups is 4. The monoisotopic (exact) mass is 419 g/mol. The number of alkyl carbamates (subject to hydrolysis) is 1. The standard InChI is InChI=1S/C21H29N3O6/c1-20(2,3)18(28)24-12-13(22-19(29)30-21(4,5)6)11-23(16(25)17(26)27)14-9-7-8-10-15(14)24/h7-10,13H,11-12H2,1-6H3,(H,22,29)(H,26,27). The Hall–Kier alpha value is -3.10. The first-order chi connectivity index (χ1) is 13.7. The van der Waals surface area contributed by atoms with Gasteiger partial charge in [0, 0.05) is 18.5 Å². The van der Waals surface area contributed by atoms with E-state index in [-0.39, 0.29) is 24.7 Å². The van der Waals surface area contributed by atoms with Crippen molar-refractivity contribution in [2.45, 2.75) is 53.2 Å². The summed E-state index contributed by atoms with van der Waals surface area (Å²) in [6.45, 7) is 10.4. The summed E-state index contributed by atoms with van der Waals surface area (Å²) < 4.78 is 5.29. The summed E-state index contributed by atoms with van der Waals surface area (Å²) in [5.74, 6) is -3.00. The number of fused-ring (bicyclic) bond motifs is 1. The van der Waals surface area contributed by atoms with Crippen LogP contribution in [0.15, 0.2) is 24.3 Å². The van der Waals surface area contributed by atoms with Gasteiger partial charge in [-0.15, -0.1) is 0 Å². The second-order valence-corrected chi connectivity index (χ2v) is 9.22. The number of nitrogens with zero attached hydrogens (tertiary/aromatic N) is 2. The minimum absolute atomic E-state index is 0.0513. The number of rotatable bonds is 1. The van der Waals surface area contributed by atoms with Gasteiger partial charge in [-0.1, -0.05) is 32.9 Å². The van der Waals surface area contributed by atoms with Gasteiger partial charge in [0.05, 0.1) is 17.4 Å². The van der Waals surface area contributed by atoms with Gasteiger partial charge in [-0.3, -0.25) is 14.5 Å². The van der Waals surface area contributed by atoms with Crippen molar-refractivity contribution in [3.05, 3.63) is 24.3 Å². The number of amides is 3. The quantitative estimate of drug-likeness (QED) is 0.675. The van der Waals surface area contributed by atoms with E-state index in [4.69, 9.17) is 4.74 Å². The van der Waals surface area contributed by atoms with Crippen molar-refractivity contribution >= 4 is 35.3 Å². The molecular formula is C21H29N3O6. The average molecular weight is 419 g/mol. The zero-order chi connectivity index (χ0) is 22.9. The number of hydrogen-bond donors (Lipinski definition) is 2. The van der Waals surface area contributed by atoms with Crippen LogP contribution < -0.4 is 15.1 Å². The van der Waals surface area contributed by atoms with E-state index >= 15 is 0 Å². The largest absolute Gasteiger partial charge is 0.474 e. The molecule has 1 aliphatic rings. The van der Waals surface area contributed by atoms with Crippen molar-refractivity contribution in [2.24, 2.45) is 5.41 Å². The summed E-state index contributed by atoms with van der Waals surface area (Å²) in [6.07, 6.45) is -0.718. The van der Waals surface area contributed by atoms with Gasteiger partial charge in [0.15, 0.2) is 0 Å². The zero-order valence-electron chi connectivity index (χ0n) is 18.2. The molecule has 1 unspecified atom stereocenters. The number of anilines is 2. The molecule has 1 aliphatic heterocycles. The first-order valence-corrected chi connectivity index (χ1v) is 9.66. The molecule has 1 aromatic rings. The molecule has 0 bridgehead atoms. The Kier molecular flexibility index (Phi) is 6.44. The first kappa shape index (κ1) is 23.2. The van der Waals surface area contributed by atoms with E-state index in [2.05, 4.69) is 5.32 Å². The number of ether oxygens (including phenoxy) is 1. The molecule has 0 saturated heterocycles. The van der Waals surface area contributed by atoms with Gasteiger partial charge in [-0.25, -0.2) is 9.59 Å². The van der Waals surface area contributed by atoms with E-state index in [1.807, 2.05) is 0 Å². The molecule has 0 fully saturated rings. The van der Waals surface area contributed by atoms with Gasteiger partial charge in [0.1, 0.15) is 5.60 Å². The molecule has 164 valence electrons. The molecule has 0 radical (unpaired) electrons. The maximum absolute atomic E-state index is 13.2. The summed E-state index contributed by atoms with van der Waals surface area (Å²) >= 11 is 0. The molecule has 1 heterocycles. The molecule has 1 aromatic carbocycles. The van der Waals surface area contributed by atoms with Crippen LogP contribution in [0.4, 0.5) is 16.2 Å². The Bertz CT molecular complexity index is 853. The average Bonchev–Trinajstić information content (AvgIpc) is 2.75. The minimum atomic E-state index is -1.63. The normalized spacial score (nSPS) is 16.9. The first-order valence-electron chi connectivity index (χ1n) is 9.66. The molecule has 3 amide bonds. The fourth-order valence-corrected chi connectivity index (χ4v) is 3.09. The second-order valence-electron chi connectivity index (χ2n) is 9.22. The number of carbonyl (C=O) groups excluding carboxylic acids is 3. The third-order valence-corrected chi connectivity index (χ3v) is 4.30. The van der Waals surface area contributed by atoms with Crippen LogP contribution in [0, 0.1) is 5.41 Å². The molecule has 0 saturated carbocycles. The molecule has 30 heavy (non-hydrogen) atoms. The van der Waals surface area contributed by atoms with Crippen molar-refractivity contribution in [2.75, 3.05) is 22.9 Å². The van der Waals surface area contributed by atoms with Crippen LogP contribution in [0.2, 0.25) is 0 Å². The van der Waals surface area contributed by atoms with Crippen molar-refractivity contribution in [3.63, 3.8) is 0 Å². The van der Waals surface area contributed by atoms with E-state index in [1.54, 1.807) is 65.8 Å². The van der Waals surface area contributed by atoms with Crippen LogP contribution in [-0.2, 0) is 19.1 Å². The van der Waals surface area contributed by atoms with E-state index in [1.165, 1.54) is 4.90 Å². The highest BCUT2D eigenvalue weighted by molar-refractivity contribution is 6.37. The molecule has 2 rings (SSSR count). The maximum Gasteiger partial charge on any atom is 0.407 e. The van der Waals surface area contributed by atoms with Gasteiger partial charge in [0.25, 0.3) is 0 Å². The van der Waals surface area contributed by atoms with Crippen LogP contribution >= 0.6 is 0 Å². The fraction of sp³-hybridized carbons (Fsp3) is 0.524. The number of para-hydroxylation sites is 2. The Morgan fingerprint density at radius 1 is 0.967 bits per heavy atom. The van der Waals surface area contributed by atoms with Crippen LogP contribution in [0.3, 0.4) is 0 Å². The predicted octanol–water partition coefficient (Wildman–Crippen LogP) is 2.39. The summed E-state index contributed by atoms with van der Waals surface area (Å²) in [5, 5.41) is 12.0. The van der Waals surface area contributed by atoms with Gasteiger partial charge >= 0.3 is 18.0 Å². The number of aliphatic carboxylic acids is 1. The summed E-state index contributed by atoms with van der Waals surface area (Å²) in [5.41, 5.74) is -0.790. The van der Waals surface area contributed by atoms with Gasteiger partial charge < -0.3 is 20.1 Å². The third kappa shape index (κ3) is 5.49. The lowest BCUT2D eigenvalue weighted by Crippen LogP contribution is -2.53. The molecule has 0 aromatic heterocycles. The Labute approximate surface area is 176 Å². The molecular weight excluding hydrogens is 390 g/mol. The van der Waals surface area contributed by atoms with Gasteiger partial charge in [-0.2, -0.15) is 0 Å². The number of carboxylic acids is 1. The molecule has 9 nitrogen and oxygen atoms in total. The van der Waals surface area contributed by atoms with Crippen molar-refractivity contribution in [1.82, 2.24) is 5.32 Å². The molecule has 0 aliphatic carbocycles. The molecule has 1 atom stereocenters. The lowest BCUT2D eigenvalue weighted by molar-refractivity contribution is -0.148. The number of benzene rings is 1. The van der Waals surface area contributed by atoms with Crippen LogP contribution in [0.25, 0.3) is 0 Å². The van der Waals surface area contributed by atoms with Crippen molar-refractivity contribution in [1.29, 1.82) is 0 Å². The van der Waals surface area contributed by atoms with Crippen LogP contribution in [0.1, 0.15) is 41.5 Å². The topological polar surface area (TPSA) is 116 Å². The fourth-order valence-electron chi connectivity index (χ4n) is 3.09. The van der Waals surface area contributed by atoms with Gasteiger partial charge in [-0.05, 0) is 32.9 Å². The second kappa shape index (κ2) is 8.33. The molecule has 9 heteroatoms. The van der Waals surface area contributed by atoms with Crippen LogP contribution in [-0.4, -0.2) is 53.7 Å². The van der Waals surface area contributed by atoms with Gasteiger partial charge in [0.2, 0.25) is 5.91 Å². The lowest BCUT2D eigenvalue weighted by atomic mass is 9.94. The Balaban J connectivity index is 2.50. The van der Waals surface area contributed by atoms with E-state index in [9.17, 15) is 24.3 Å². The Morgan fingerprint density at radius 2 is 1.47 bits per heavy atom. The highest BCUT2D eigenvalue weighted by atomic mass is 16.6. The molecule has 0 spiro atoms. The highest BCUT2D eigenvalue weighted by Gasteiger charge is 2.38. The summed E-state index contributed by atoms with van der Waals surface area (Å²) in [4.78, 5) is 51.9. The number of hydrogen-bond acceptors (Lipinski definition) is 5.